The van der Waals surface area contributed by atoms with E-state index in [1.165, 1.54) is 0 Å². The van der Waals surface area contributed by atoms with Crippen molar-refractivity contribution < 1.29 is 4.79 Å². The van der Waals surface area contributed by atoms with Gasteiger partial charge < -0.3 is 5.32 Å². The van der Waals surface area contributed by atoms with Crippen LogP contribution in [-0.4, -0.2) is 12.5 Å². The first kappa shape index (κ1) is 11.6. The van der Waals surface area contributed by atoms with Crippen LogP contribution in [0.1, 0.15) is 33.1 Å². The van der Waals surface area contributed by atoms with Gasteiger partial charge in [0, 0.05) is 25.8 Å². The first-order chi connectivity index (χ1) is 6.31. The largest absolute Gasteiger partial charge is 0.356 e. The molecule has 0 aliphatic carbocycles. The van der Waals surface area contributed by atoms with Crippen LogP contribution in [0, 0.1) is 23.7 Å². The first-order valence-corrected chi connectivity index (χ1v) is 4.53. The summed E-state index contributed by atoms with van der Waals surface area (Å²) >= 11 is 0. The maximum absolute atomic E-state index is 10.9. The third-order valence-corrected chi connectivity index (χ3v) is 1.27. The normalized spacial score (nSPS) is 7.54. The molecule has 1 N–H and O–H groups in total. The van der Waals surface area contributed by atoms with Crippen LogP contribution in [0.3, 0.4) is 0 Å². The highest BCUT2D eigenvalue weighted by atomic mass is 16.1. The van der Waals surface area contributed by atoms with Crippen LogP contribution in [0.15, 0.2) is 0 Å². The van der Waals surface area contributed by atoms with Crippen molar-refractivity contribution in [3.8, 4) is 23.7 Å². The van der Waals surface area contributed by atoms with Gasteiger partial charge in [0.25, 0.3) is 0 Å². The first-order valence-electron chi connectivity index (χ1n) is 4.53. The van der Waals surface area contributed by atoms with E-state index in [0.29, 0.717) is 19.4 Å². The van der Waals surface area contributed by atoms with E-state index in [0.717, 1.165) is 6.42 Å². The van der Waals surface area contributed by atoms with Crippen LogP contribution in [0.5, 0.6) is 0 Å². The van der Waals surface area contributed by atoms with Crippen molar-refractivity contribution in [2.24, 2.45) is 0 Å². The molecule has 0 aromatic heterocycles. The van der Waals surface area contributed by atoms with Crippen molar-refractivity contribution >= 4 is 5.91 Å². The second-order valence-electron chi connectivity index (χ2n) is 2.41. The SMILES string of the molecule is CCC#CC#CCCC(=O)NCC. The van der Waals surface area contributed by atoms with Gasteiger partial charge in [-0.1, -0.05) is 18.8 Å². The average molecular weight is 177 g/mol. The summed E-state index contributed by atoms with van der Waals surface area (Å²) in [6, 6.07) is 0. The van der Waals surface area contributed by atoms with E-state index in [1.807, 2.05) is 13.8 Å². The topological polar surface area (TPSA) is 29.1 Å². The van der Waals surface area contributed by atoms with Crippen molar-refractivity contribution in [3.63, 3.8) is 0 Å². The Bertz CT molecular complexity index is 259. The minimum Gasteiger partial charge on any atom is -0.356 e. The Kier molecular flexibility index (Phi) is 7.74. The molecule has 0 atom stereocenters. The Morgan fingerprint density at radius 3 is 2.54 bits per heavy atom. The van der Waals surface area contributed by atoms with Crippen LogP contribution in [0.25, 0.3) is 0 Å². The van der Waals surface area contributed by atoms with Gasteiger partial charge in [0.05, 0.1) is 0 Å². The molecule has 2 heteroatoms. The van der Waals surface area contributed by atoms with Gasteiger partial charge in [-0.15, -0.1) is 0 Å². The highest BCUT2D eigenvalue weighted by Gasteiger charge is 1.94. The summed E-state index contributed by atoms with van der Waals surface area (Å²) in [5.74, 6) is 11.1. The Morgan fingerprint density at radius 1 is 1.23 bits per heavy atom. The molecule has 0 aromatic carbocycles. The number of nitrogens with one attached hydrogen (secondary N) is 1. The van der Waals surface area contributed by atoms with E-state index in [2.05, 4.69) is 29.0 Å². The van der Waals surface area contributed by atoms with Gasteiger partial charge in [0.15, 0.2) is 0 Å². The van der Waals surface area contributed by atoms with Gasteiger partial charge in [0.2, 0.25) is 5.91 Å². The van der Waals surface area contributed by atoms with Gasteiger partial charge in [-0.3, -0.25) is 4.79 Å². The Morgan fingerprint density at radius 2 is 1.92 bits per heavy atom. The number of hydrogen-bond acceptors (Lipinski definition) is 1. The molecule has 13 heavy (non-hydrogen) atoms. The van der Waals surface area contributed by atoms with E-state index < -0.39 is 0 Å². The van der Waals surface area contributed by atoms with Gasteiger partial charge in [-0.2, -0.15) is 0 Å². The summed E-state index contributed by atoms with van der Waals surface area (Å²) < 4.78 is 0. The molecule has 2 nitrogen and oxygen atoms in total. The maximum atomic E-state index is 10.9. The lowest BCUT2D eigenvalue weighted by atomic mass is 10.3. The van der Waals surface area contributed by atoms with Gasteiger partial charge in [-0.05, 0) is 18.8 Å². The van der Waals surface area contributed by atoms with E-state index in [1.54, 1.807) is 0 Å². The molecular formula is C11H15NO. The fraction of sp³-hybridized carbons (Fsp3) is 0.545. The van der Waals surface area contributed by atoms with Crippen LogP contribution in [0.2, 0.25) is 0 Å². The van der Waals surface area contributed by atoms with Crippen LogP contribution in [0.4, 0.5) is 0 Å². The van der Waals surface area contributed by atoms with E-state index in [-0.39, 0.29) is 5.91 Å². The van der Waals surface area contributed by atoms with Gasteiger partial charge >= 0.3 is 0 Å². The third kappa shape index (κ3) is 8.50. The van der Waals surface area contributed by atoms with Crippen molar-refractivity contribution in [2.45, 2.75) is 33.1 Å². The van der Waals surface area contributed by atoms with Crippen molar-refractivity contribution in [3.05, 3.63) is 0 Å². The highest BCUT2D eigenvalue weighted by molar-refractivity contribution is 5.76. The molecule has 0 radical (unpaired) electrons. The monoisotopic (exact) mass is 177 g/mol. The van der Waals surface area contributed by atoms with E-state index in [9.17, 15) is 4.79 Å². The second-order valence-corrected chi connectivity index (χ2v) is 2.41. The van der Waals surface area contributed by atoms with Crippen LogP contribution in [-0.2, 0) is 4.79 Å². The lowest BCUT2D eigenvalue weighted by Gasteiger charge is -1.96. The molecule has 0 unspecified atom stereocenters. The Balaban J connectivity index is 3.52. The molecule has 0 fully saturated rings. The summed E-state index contributed by atoms with van der Waals surface area (Å²) in [4.78, 5) is 10.9. The molecule has 0 spiro atoms. The molecule has 0 aliphatic heterocycles. The van der Waals surface area contributed by atoms with Gasteiger partial charge in [0.1, 0.15) is 0 Å². The molecule has 0 saturated carbocycles. The minimum atomic E-state index is 0.0558. The maximum Gasteiger partial charge on any atom is 0.220 e. The quantitative estimate of drug-likeness (QED) is 0.647. The standard InChI is InChI=1S/C11H15NO/c1-3-5-6-7-8-9-10-11(13)12-4-2/h3-4,9-10H2,1-2H3,(H,12,13). The fourth-order valence-electron chi connectivity index (χ4n) is 0.701. The zero-order valence-corrected chi connectivity index (χ0v) is 8.24. The summed E-state index contributed by atoms with van der Waals surface area (Å²) in [7, 11) is 0. The minimum absolute atomic E-state index is 0.0558. The predicted octanol–water partition coefficient (Wildman–Crippen LogP) is 1.32. The Labute approximate surface area is 80.1 Å². The number of carbonyl (C=O) groups is 1. The van der Waals surface area contributed by atoms with Gasteiger partial charge in [-0.25, -0.2) is 0 Å². The van der Waals surface area contributed by atoms with Crippen LogP contribution < -0.4 is 5.32 Å². The molecular weight excluding hydrogens is 162 g/mol. The number of rotatable bonds is 3. The predicted molar refractivity (Wildman–Crippen MR) is 53.8 cm³/mol. The molecule has 0 aromatic rings. The van der Waals surface area contributed by atoms with Crippen LogP contribution >= 0.6 is 0 Å². The molecule has 1 amide bonds. The lowest BCUT2D eigenvalue weighted by molar-refractivity contribution is -0.120. The highest BCUT2D eigenvalue weighted by Crippen LogP contribution is 1.85. The lowest BCUT2D eigenvalue weighted by Crippen LogP contribution is -2.21. The number of amides is 1. The van der Waals surface area contributed by atoms with Crippen molar-refractivity contribution in [2.75, 3.05) is 6.54 Å². The van der Waals surface area contributed by atoms with Crippen molar-refractivity contribution in [1.29, 1.82) is 0 Å². The molecule has 70 valence electrons. The Hall–Kier alpha value is -1.41. The number of hydrogen-bond donors (Lipinski definition) is 1. The average Bonchev–Trinajstić information content (AvgIpc) is 2.11. The molecule has 0 bridgehead atoms. The summed E-state index contributed by atoms with van der Waals surface area (Å²) in [5.41, 5.74) is 0. The molecule has 0 saturated heterocycles. The third-order valence-electron chi connectivity index (χ3n) is 1.27. The fourth-order valence-corrected chi connectivity index (χ4v) is 0.701. The zero-order chi connectivity index (χ0) is 9.94. The molecule has 0 rings (SSSR count). The number of carbonyl (C=O) groups excluding carboxylic acids is 1. The van der Waals surface area contributed by atoms with E-state index >= 15 is 0 Å². The van der Waals surface area contributed by atoms with E-state index in [4.69, 9.17) is 0 Å². The second kappa shape index (κ2) is 8.68. The summed E-state index contributed by atoms with van der Waals surface area (Å²) in [6.45, 7) is 4.56. The molecule has 0 heterocycles. The van der Waals surface area contributed by atoms with Crippen molar-refractivity contribution in [1.82, 2.24) is 5.32 Å². The molecule has 0 aliphatic rings. The summed E-state index contributed by atoms with van der Waals surface area (Å²) in [5, 5.41) is 2.70. The smallest absolute Gasteiger partial charge is 0.220 e. The summed E-state index contributed by atoms with van der Waals surface area (Å²) in [6.07, 6.45) is 1.88. The zero-order valence-electron chi connectivity index (χ0n) is 8.24.